The molecule has 7 heteroatoms. The highest BCUT2D eigenvalue weighted by molar-refractivity contribution is 5.92. The highest BCUT2D eigenvalue weighted by atomic mass is 16.5. The first kappa shape index (κ1) is 20.8. The van der Waals surface area contributed by atoms with Gasteiger partial charge in [-0.2, -0.15) is 5.10 Å². The van der Waals surface area contributed by atoms with Gasteiger partial charge in [0.25, 0.3) is 5.91 Å². The minimum atomic E-state index is -0.167. The van der Waals surface area contributed by atoms with Gasteiger partial charge in [0, 0.05) is 50.0 Å². The zero-order valence-electron chi connectivity index (χ0n) is 18.2. The third-order valence-electron chi connectivity index (χ3n) is 6.54. The zero-order chi connectivity index (χ0) is 21.8. The molecule has 0 spiro atoms. The Morgan fingerprint density at radius 1 is 1.06 bits per heavy atom. The molecule has 32 heavy (non-hydrogen) atoms. The molecule has 2 aliphatic rings. The van der Waals surface area contributed by atoms with Gasteiger partial charge in [-0.25, -0.2) is 4.68 Å². The van der Waals surface area contributed by atoms with E-state index in [2.05, 4.69) is 32.0 Å². The molecule has 0 radical (unpaired) electrons. The Balaban J connectivity index is 1.38. The lowest BCUT2D eigenvalue weighted by molar-refractivity contribution is 0.0419. The normalized spacial score (nSPS) is 19.8. The number of aromatic nitrogens is 3. The Hall–Kier alpha value is -3.03. The molecule has 1 aromatic carbocycles. The summed E-state index contributed by atoms with van der Waals surface area (Å²) in [4.78, 5) is 19.3. The van der Waals surface area contributed by atoms with Crippen LogP contribution in [-0.4, -0.2) is 57.9 Å². The lowest BCUT2D eigenvalue weighted by Crippen LogP contribution is -2.37. The number of carbonyl (C=O) groups excluding carboxylic acids is 1. The van der Waals surface area contributed by atoms with Gasteiger partial charge in [0.1, 0.15) is 5.69 Å². The molecule has 1 N–H and O–H groups in total. The number of ether oxygens (including phenoxy) is 1. The summed E-state index contributed by atoms with van der Waals surface area (Å²) in [5.74, 6) is 0.210. The van der Waals surface area contributed by atoms with Crippen LogP contribution in [0.3, 0.4) is 0 Å². The van der Waals surface area contributed by atoms with Crippen molar-refractivity contribution < 1.29 is 9.53 Å². The van der Waals surface area contributed by atoms with Crippen molar-refractivity contribution in [1.82, 2.24) is 25.0 Å². The van der Waals surface area contributed by atoms with Crippen molar-refractivity contribution in [3.05, 3.63) is 77.9 Å². The van der Waals surface area contributed by atoms with Crippen LogP contribution in [0.15, 0.2) is 60.9 Å². The monoisotopic (exact) mass is 431 g/mol. The largest absolute Gasteiger partial charge is 0.381 e. The van der Waals surface area contributed by atoms with E-state index in [-0.39, 0.29) is 5.91 Å². The van der Waals surface area contributed by atoms with Crippen LogP contribution in [0.25, 0.3) is 5.69 Å². The minimum absolute atomic E-state index is 0.167. The molecule has 166 valence electrons. The Morgan fingerprint density at radius 3 is 2.66 bits per heavy atom. The molecule has 1 unspecified atom stereocenters. The molecule has 2 fully saturated rings. The molecule has 0 aliphatic carbocycles. The SMILES string of the molecule is O=C(NCc1cnn(-c2ccccc2)c1C1CCN(C2CCOCC2)C1)c1ccccn1. The summed E-state index contributed by atoms with van der Waals surface area (Å²) < 4.78 is 7.62. The molecule has 3 aromatic rings. The number of rotatable bonds is 6. The van der Waals surface area contributed by atoms with E-state index < -0.39 is 0 Å². The van der Waals surface area contributed by atoms with E-state index in [0.29, 0.717) is 24.2 Å². The maximum Gasteiger partial charge on any atom is 0.270 e. The quantitative estimate of drug-likeness (QED) is 0.649. The molecule has 1 atom stereocenters. The fourth-order valence-corrected chi connectivity index (χ4v) is 4.89. The van der Waals surface area contributed by atoms with Crippen LogP contribution in [0.2, 0.25) is 0 Å². The second-order valence-electron chi connectivity index (χ2n) is 8.52. The molecule has 0 saturated carbocycles. The van der Waals surface area contributed by atoms with E-state index in [4.69, 9.17) is 9.84 Å². The maximum absolute atomic E-state index is 12.6. The Bertz CT molecular complexity index is 1030. The van der Waals surface area contributed by atoms with Crippen LogP contribution in [-0.2, 0) is 11.3 Å². The molecule has 0 bridgehead atoms. The highest BCUT2D eigenvalue weighted by Crippen LogP contribution is 2.33. The summed E-state index contributed by atoms with van der Waals surface area (Å²) in [5, 5.41) is 7.76. The highest BCUT2D eigenvalue weighted by Gasteiger charge is 2.33. The number of amides is 1. The van der Waals surface area contributed by atoms with Gasteiger partial charge < -0.3 is 10.1 Å². The zero-order valence-corrected chi connectivity index (χ0v) is 18.2. The van der Waals surface area contributed by atoms with Gasteiger partial charge in [0.15, 0.2) is 0 Å². The number of hydrogen-bond acceptors (Lipinski definition) is 5. The van der Waals surface area contributed by atoms with Crippen molar-refractivity contribution in [2.24, 2.45) is 0 Å². The number of nitrogens with zero attached hydrogens (tertiary/aromatic N) is 4. The van der Waals surface area contributed by atoms with E-state index in [1.807, 2.05) is 36.5 Å². The fourth-order valence-electron chi connectivity index (χ4n) is 4.89. The predicted octanol–water partition coefficient (Wildman–Crippen LogP) is 3.17. The summed E-state index contributed by atoms with van der Waals surface area (Å²) in [5.41, 5.74) is 3.74. The van der Waals surface area contributed by atoms with Crippen LogP contribution < -0.4 is 5.32 Å². The van der Waals surface area contributed by atoms with Gasteiger partial charge in [-0.3, -0.25) is 14.7 Å². The molecule has 2 aliphatic heterocycles. The Morgan fingerprint density at radius 2 is 1.88 bits per heavy atom. The number of likely N-dealkylation sites (tertiary alicyclic amines) is 1. The topological polar surface area (TPSA) is 72.3 Å². The van der Waals surface area contributed by atoms with Gasteiger partial charge >= 0.3 is 0 Å². The number of carbonyl (C=O) groups is 1. The summed E-state index contributed by atoms with van der Waals surface area (Å²) in [7, 11) is 0. The molecular weight excluding hydrogens is 402 g/mol. The number of nitrogens with one attached hydrogen (secondary N) is 1. The number of para-hydroxylation sites is 1. The molecule has 1 amide bonds. The van der Waals surface area contributed by atoms with E-state index in [1.165, 1.54) is 5.69 Å². The van der Waals surface area contributed by atoms with Crippen LogP contribution >= 0.6 is 0 Å². The van der Waals surface area contributed by atoms with Crippen LogP contribution in [0, 0.1) is 0 Å². The van der Waals surface area contributed by atoms with Gasteiger partial charge in [-0.1, -0.05) is 24.3 Å². The van der Waals surface area contributed by atoms with Crippen molar-refractivity contribution in [3.63, 3.8) is 0 Å². The smallest absolute Gasteiger partial charge is 0.270 e. The van der Waals surface area contributed by atoms with Gasteiger partial charge in [-0.15, -0.1) is 0 Å². The third kappa shape index (κ3) is 4.45. The summed E-state index contributed by atoms with van der Waals surface area (Å²) in [6, 6.07) is 16.2. The Kier molecular flexibility index (Phi) is 6.27. The average molecular weight is 432 g/mol. The summed E-state index contributed by atoms with van der Waals surface area (Å²) in [6.45, 7) is 4.27. The number of pyridine rings is 1. The molecule has 4 heterocycles. The third-order valence-corrected chi connectivity index (χ3v) is 6.54. The van der Waals surface area contributed by atoms with E-state index >= 15 is 0 Å². The summed E-state index contributed by atoms with van der Waals surface area (Å²) in [6.07, 6.45) is 6.85. The van der Waals surface area contributed by atoms with Crippen LogP contribution in [0.1, 0.15) is 46.9 Å². The molecule has 2 saturated heterocycles. The molecular formula is C25H29N5O2. The van der Waals surface area contributed by atoms with Crippen molar-refractivity contribution in [2.45, 2.75) is 37.8 Å². The lowest BCUT2D eigenvalue weighted by Gasteiger charge is -2.31. The summed E-state index contributed by atoms with van der Waals surface area (Å²) >= 11 is 0. The number of hydrogen-bond donors (Lipinski definition) is 1. The first-order valence-electron chi connectivity index (χ1n) is 11.4. The molecule has 5 rings (SSSR count). The maximum atomic E-state index is 12.6. The van der Waals surface area contributed by atoms with E-state index in [9.17, 15) is 4.79 Å². The molecule has 7 nitrogen and oxygen atoms in total. The van der Waals surface area contributed by atoms with Crippen LogP contribution in [0.4, 0.5) is 0 Å². The second-order valence-corrected chi connectivity index (χ2v) is 8.52. The standard InChI is InChI=1S/C25H29N5O2/c31-25(23-8-4-5-12-26-23)27-16-20-17-28-30(22-6-2-1-3-7-22)24(20)19-9-13-29(18-19)21-10-14-32-15-11-21/h1-8,12,17,19,21H,9-11,13-16,18H2,(H,27,31). The first-order valence-corrected chi connectivity index (χ1v) is 11.4. The Labute approximate surface area is 188 Å². The lowest BCUT2D eigenvalue weighted by atomic mass is 10.00. The van der Waals surface area contributed by atoms with Gasteiger partial charge in [0.2, 0.25) is 0 Å². The molecule has 2 aromatic heterocycles. The number of benzene rings is 1. The fraction of sp³-hybridized carbons (Fsp3) is 0.400. The van der Waals surface area contributed by atoms with Gasteiger partial charge in [-0.05, 0) is 50.1 Å². The minimum Gasteiger partial charge on any atom is -0.381 e. The van der Waals surface area contributed by atoms with Crippen LogP contribution in [0.5, 0.6) is 0 Å². The van der Waals surface area contributed by atoms with Gasteiger partial charge in [0.05, 0.1) is 17.6 Å². The van der Waals surface area contributed by atoms with Crippen molar-refractivity contribution in [2.75, 3.05) is 26.3 Å². The predicted molar refractivity (Wildman–Crippen MR) is 122 cm³/mol. The van der Waals surface area contributed by atoms with Crippen molar-refractivity contribution >= 4 is 5.91 Å². The van der Waals surface area contributed by atoms with E-state index in [1.54, 1.807) is 12.3 Å². The van der Waals surface area contributed by atoms with E-state index in [0.717, 1.165) is 56.8 Å². The van der Waals surface area contributed by atoms with Crippen molar-refractivity contribution in [3.8, 4) is 5.69 Å². The average Bonchev–Trinajstić information content (AvgIpc) is 3.51. The second kappa shape index (κ2) is 9.63. The first-order chi connectivity index (χ1) is 15.8. The van der Waals surface area contributed by atoms with Crippen molar-refractivity contribution in [1.29, 1.82) is 0 Å².